The second kappa shape index (κ2) is 29.0. The first-order valence-corrected chi connectivity index (χ1v) is 47.9. The van der Waals surface area contributed by atoms with E-state index in [0.29, 0.717) is 0 Å². The number of hydrogen-bond acceptors (Lipinski definition) is 5. The normalized spacial score (nSPS) is 13.8. The molecule has 7 aromatic heterocycles. The van der Waals surface area contributed by atoms with Crippen molar-refractivity contribution < 1.29 is 13.3 Å². The smallest absolute Gasteiger partial charge is 0.135 e. The number of nitrogens with zero attached hydrogens (tertiary/aromatic N) is 4. The predicted molar refractivity (Wildman–Crippen MR) is 569 cm³/mol. The quantitative estimate of drug-likeness (QED) is 0.160. The third-order valence-electron chi connectivity index (χ3n) is 30.1. The molecule has 0 unspecified atom stereocenters. The van der Waals surface area contributed by atoms with Crippen LogP contribution in [-0.4, -0.2) is 13.7 Å². The minimum Gasteiger partial charge on any atom is -0.456 e. The van der Waals surface area contributed by atoms with Crippen molar-refractivity contribution in [3.05, 3.63) is 433 Å². The van der Waals surface area contributed by atoms with Gasteiger partial charge in [-0.1, -0.05) is 244 Å². The molecule has 0 amide bonds. The van der Waals surface area contributed by atoms with Gasteiger partial charge >= 0.3 is 0 Å². The molecule has 7 nitrogen and oxygen atoms in total. The standard InChI is InChI=1S/C45H32N2O.C45H29NOS.C37H31NO/c1-45(2)39-27-42-37(25-34(39)35-26-38-33-20-12-13-21-43(33)48-44(38)28-40(35)45)36-24-32(22-23-41(36)47(42)31-18-10-5-11-19-31)46(29-14-6-3-7-15-29)30-16-8-4-9-17-30;1-45(2)37-24-40-33(29-12-6-8-14-39(29)46(40)28-10-4-3-5-11-28)22-31(37)32-23-35-34-20-26(16-18-41(34)47-42(35)25-38(32)45)27-17-19-44-36(21-27)30-13-7-9-15-43(30)48-44;1-36(2,3)22-15-16-34-28(17-22)29-19-26-25-18-27-24-13-9-10-14-32(24)38(23-11-7-6-8-12-23)33(27)20-30(25)37(4,5)31(26)21-35(29)39-34/h3-28H,1-2H3;3-25H,1-2H3;6-21H,1-5H3. The van der Waals surface area contributed by atoms with Crippen molar-refractivity contribution in [2.24, 2.45) is 0 Å². The molecule has 19 aromatic carbocycles. The van der Waals surface area contributed by atoms with Crippen LogP contribution in [-0.2, 0) is 21.7 Å². The Bertz CT molecular complexity index is 9460. The zero-order valence-electron chi connectivity index (χ0n) is 76.4. The highest BCUT2D eigenvalue weighted by molar-refractivity contribution is 7.25. The van der Waals surface area contributed by atoms with E-state index in [4.69, 9.17) is 13.3 Å². The average Bonchev–Trinajstić information content (AvgIpc) is 1.55. The maximum atomic E-state index is 6.57. The van der Waals surface area contributed by atoms with Crippen LogP contribution in [0.3, 0.4) is 0 Å². The summed E-state index contributed by atoms with van der Waals surface area (Å²) in [6, 6.07) is 144. The summed E-state index contributed by atoms with van der Waals surface area (Å²) in [5.74, 6) is 0. The predicted octanol–water partition coefficient (Wildman–Crippen LogP) is 35.8. The van der Waals surface area contributed by atoms with Crippen molar-refractivity contribution in [1.29, 1.82) is 0 Å². The minimum atomic E-state index is -0.188. The molecule has 0 fully saturated rings. The molecule has 0 N–H and O–H groups in total. The van der Waals surface area contributed by atoms with Crippen molar-refractivity contribution in [3.8, 4) is 61.6 Å². The molecule has 0 bridgehead atoms. The van der Waals surface area contributed by atoms with Gasteiger partial charge in [0.05, 0.1) is 33.1 Å². The highest BCUT2D eigenvalue weighted by atomic mass is 32.1. The number of anilines is 3. The summed E-state index contributed by atoms with van der Waals surface area (Å²) in [5, 5.41) is 17.3. The van der Waals surface area contributed by atoms with Gasteiger partial charge in [-0.2, -0.15) is 0 Å². The van der Waals surface area contributed by atoms with E-state index in [1.165, 1.54) is 202 Å². The molecule has 135 heavy (non-hydrogen) atoms. The van der Waals surface area contributed by atoms with E-state index in [1.807, 2.05) is 17.4 Å². The maximum Gasteiger partial charge on any atom is 0.135 e. The molecular weight excluding hydrogens is 1660 g/mol. The lowest BCUT2D eigenvalue weighted by Gasteiger charge is -2.25. The molecule has 26 aromatic rings. The van der Waals surface area contributed by atoms with E-state index >= 15 is 0 Å². The third-order valence-corrected chi connectivity index (χ3v) is 31.2. The number of furan rings is 3. The molecular formula is C127H92N4O3S. The van der Waals surface area contributed by atoms with Gasteiger partial charge in [0.25, 0.3) is 0 Å². The van der Waals surface area contributed by atoms with Crippen molar-refractivity contribution in [3.63, 3.8) is 0 Å². The summed E-state index contributed by atoms with van der Waals surface area (Å²) in [5.41, 5.74) is 39.3. The van der Waals surface area contributed by atoms with Crippen molar-refractivity contribution >= 4 is 180 Å². The Labute approximate surface area is 784 Å². The number of hydrogen-bond donors (Lipinski definition) is 0. The Morgan fingerprint density at radius 1 is 0.222 bits per heavy atom. The largest absolute Gasteiger partial charge is 0.456 e. The maximum absolute atomic E-state index is 6.57. The number of aromatic nitrogens is 3. The van der Waals surface area contributed by atoms with E-state index in [0.717, 1.165) is 67.0 Å². The van der Waals surface area contributed by atoms with Gasteiger partial charge in [0.1, 0.15) is 33.5 Å². The van der Waals surface area contributed by atoms with E-state index in [1.54, 1.807) is 0 Å². The molecule has 0 saturated carbocycles. The number of fused-ring (bicyclic) bond motifs is 30. The summed E-state index contributed by atoms with van der Waals surface area (Å²) in [6.45, 7) is 20.9. The number of benzene rings is 19. The van der Waals surface area contributed by atoms with Gasteiger partial charge in [0.15, 0.2) is 0 Å². The lowest BCUT2D eigenvalue weighted by Crippen LogP contribution is -2.15. The molecule has 3 aliphatic rings. The molecule has 0 atom stereocenters. The topological polar surface area (TPSA) is 57.5 Å². The SMILES string of the molecule is CC(C)(C)c1ccc2oc3cc4c(cc3c2c1)-c1cc2c3ccccc3n(-c3ccccc3)c2cc1C4(C)C.CC1(C)c2cc3oc4ccc(-c5ccc6sc7ccccc7c6c5)cc4c3cc2-c2cc3c4ccccc4n(-c4ccccc4)c3cc21.CC1(C)c2cc3oc4ccccc4c3cc2-c2cc3c4cc(N(c5ccccc5)c5ccccc5)ccc4n(-c4ccccc4)c3cc21. The fourth-order valence-electron chi connectivity index (χ4n) is 23.2. The lowest BCUT2D eigenvalue weighted by molar-refractivity contribution is 0.590. The van der Waals surface area contributed by atoms with E-state index in [2.05, 4.69) is 469 Å². The third kappa shape index (κ3) is 11.9. The fraction of sp³-hybridized carbons (Fsp3) is 0.102. The van der Waals surface area contributed by atoms with Crippen LogP contribution in [0, 0.1) is 0 Å². The monoisotopic (exact) mass is 1750 g/mol. The first kappa shape index (κ1) is 78.8. The zero-order valence-corrected chi connectivity index (χ0v) is 77.3. The van der Waals surface area contributed by atoms with Gasteiger partial charge in [-0.3, -0.25) is 0 Å². The molecule has 8 heteroatoms. The van der Waals surface area contributed by atoms with Gasteiger partial charge in [0.2, 0.25) is 0 Å². The van der Waals surface area contributed by atoms with Crippen molar-refractivity contribution in [2.45, 2.75) is 84.0 Å². The molecule has 0 saturated heterocycles. The Morgan fingerprint density at radius 3 is 1.01 bits per heavy atom. The highest BCUT2D eigenvalue weighted by Crippen LogP contribution is 2.58. The van der Waals surface area contributed by atoms with Gasteiger partial charge < -0.3 is 31.9 Å². The van der Waals surface area contributed by atoms with Crippen LogP contribution in [0.5, 0.6) is 0 Å². The molecule has 644 valence electrons. The van der Waals surface area contributed by atoms with E-state index in [9.17, 15) is 0 Å². The van der Waals surface area contributed by atoms with E-state index in [-0.39, 0.29) is 21.7 Å². The van der Waals surface area contributed by atoms with Crippen molar-refractivity contribution in [1.82, 2.24) is 13.7 Å². The van der Waals surface area contributed by atoms with Gasteiger partial charge in [-0.25, -0.2) is 0 Å². The molecule has 0 spiro atoms. The lowest BCUT2D eigenvalue weighted by atomic mass is 9.82. The number of rotatable bonds is 7. The number of para-hydroxylation sites is 8. The Hall–Kier alpha value is -16.0. The second-order valence-corrected chi connectivity index (χ2v) is 40.9. The first-order valence-electron chi connectivity index (χ1n) is 47.1. The van der Waals surface area contributed by atoms with Crippen LogP contribution in [0.25, 0.3) is 213 Å². The summed E-state index contributed by atoms with van der Waals surface area (Å²) in [4.78, 5) is 2.34. The summed E-state index contributed by atoms with van der Waals surface area (Å²) >= 11 is 1.86. The Kier molecular flexibility index (Phi) is 16.9. The molecule has 7 heterocycles. The molecule has 29 rings (SSSR count). The zero-order chi connectivity index (χ0) is 90.4. The number of thiophene rings is 1. The van der Waals surface area contributed by atoms with Crippen LogP contribution in [0.4, 0.5) is 17.1 Å². The van der Waals surface area contributed by atoms with Gasteiger partial charge in [-0.15, -0.1) is 11.3 Å². The minimum absolute atomic E-state index is 0.0850. The highest BCUT2D eigenvalue weighted by Gasteiger charge is 2.42. The molecule has 3 aliphatic carbocycles. The summed E-state index contributed by atoms with van der Waals surface area (Å²) in [7, 11) is 0. The van der Waals surface area contributed by atoms with Crippen LogP contribution in [0.15, 0.2) is 408 Å². The van der Waals surface area contributed by atoms with Crippen LogP contribution < -0.4 is 4.90 Å². The van der Waals surface area contributed by atoms with Crippen LogP contribution >= 0.6 is 11.3 Å². The summed E-state index contributed by atoms with van der Waals surface area (Å²) < 4.78 is 29.3. The van der Waals surface area contributed by atoms with Crippen LogP contribution in [0.2, 0.25) is 0 Å². The van der Waals surface area contributed by atoms with Crippen molar-refractivity contribution in [2.75, 3.05) is 4.90 Å². The Balaban J connectivity index is 0.000000104. The first-order chi connectivity index (χ1) is 65.8. The molecule has 0 radical (unpaired) electrons. The van der Waals surface area contributed by atoms with Gasteiger partial charge in [0, 0.05) is 135 Å². The second-order valence-electron chi connectivity index (χ2n) is 39.8. The fourth-order valence-corrected chi connectivity index (χ4v) is 24.3. The summed E-state index contributed by atoms with van der Waals surface area (Å²) in [6.07, 6.45) is 0. The van der Waals surface area contributed by atoms with Gasteiger partial charge in [-0.05, 0) is 301 Å². The van der Waals surface area contributed by atoms with Crippen LogP contribution in [0.1, 0.15) is 101 Å². The molecule has 0 aliphatic heterocycles. The average molecular weight is 1750 g/mol. The van der Waals surface area contributed by atoms with E-state index < -0.39 is 0 Å². The Morgan fingerprint density at radius 2 is 0.548 bits per heavy atom.